The molecular weight excluding hydrogens is 162 g/mol. The summed E-state index contributed by atoms with van der Waals surface area (Å²) in [5.74, 6) is 0.497. The number of carbonyl (C=O) groups is 1. The van der Waals surface area contributed by atoms with E-state index in [2.05, 4.69) is 28.1 Å². The van der Waals surface area contributed by atoms with Crippen molar-refractivity contribution < 1.29 is 4.79 Å². The monoisotopic (exact) mass is 171 g/mol. The highest BCUT2D eigenvalue weighted by atomic mass is 32.1. The standard InChI is InChI=1S/C6H9N3OS/c10-6(7-3-4-11)5-1-2-8-9-5/h1-2,11H,3-4H2,(H,7,10)(H,8,9). The lowest BCUT2D eigenvalue weighted by atomic mass is 10.4. The summed E-state index contributed by atoms with van der Waals surface area (Å²) in [6.45, 7) is 0.570. The van der Waals surface area contributed by atoms with Gasteiger partial charge >= 0.3 is 0 Å². The quantitative estimate of drug-likeness (QED) is 0.564. The Balaban J connectivity index is 2.43. The highest BCUT2D eigenvalue weighted by molar-refractivity contribution is 7.80. The molecule has 0 atom stereocenters. The molecule has 0 saturated heterocycles. The van der Waals surface area contributed by atoms with E-state index in [1.807, 2.05) is 0 Å². The van der Waals surface area contributed by atoms with E-state index in [1.165, 1.54) is 6.20 Å². The predicted molar refractivity (Wildman–Crippen MR) is 44.8 cm³/mol. The van der Waals surface area contributed by atoms with Crippen molar-refractivity contribution in [3.63, 3.8) is 0 Å². The van der Waals surface area contributed by atoms with E-state index in [9.17, 15) is 4.79 Å². The van der Waals surface area contributed by atoms with Crippen LogP contribution in [-0.4, -0.2) is 28.4 Å². The van der Waals surface area contributed by atoms with Crippen LogP contribution in [0.15, 0.2) is 12.3 Å². The van der Waals surface area contributed by atoms with Gasteiger partial charge in [-0.1, -0.05) is 0 Å². The van der Waals surface area contributed by atoms with Crippen LogP contribution in [0.5, 0.6) is 0 Å². The lowest BCUT2D eigenvalue weighted by Gasteiger charge is -1.98. The van der Waals surface area contributed by atoms with E-state index in [-0.39, 0.29) is 5.91 Å². The molecule has 0 spiro atoms. The Morgan fingerprint density at radius 2 is 2.64 bits per heavy atom. The number of rotatable bonds is 3. The number of thiol groups is 1. The average Bonchev–Trinajstić information content (AvgIpc) is 2.52. The van der Waals surface area contributed by atoms with Gasteiger partial charge < -0.3 is 5.32 Å². The highest BCUT2D eigenvalue weighted by Crippen LogP contribution is 1.89. The van der Waals surface area contributed by atoms with Crippen LogP contribution in [0, 0.1) is 0 Å². The molecule has 0 unspecified atom stereocenters. The normalized spacial score (nSPS) is 9.55. The third kappa shape index (κ3) is 2.27. The summed E-state index contributed by atoms with van der Waals surface area (Å²) in [7, 11) is 0. The van der Waals surface area contributed by atoms with Gasteiger partial charge in [0.1, 0.15) is 5.69 Å². The van der Waals surface area contributed by atoms with Crippen LogP contribution >= 0.6 is 12.6 Å². The Morgan fingerprint density at radius 3 is 3.18 bits per heavy atom. The molecule has 1 rings (SSSR count). The first-order valence-corrected chi connectivity index (χ1v) is 3.86. The molecule has 1 aromatic heterocycles. The second-order valence-corrected chi connectivity index (χ2v) is 2.40. The van der Waals surface area contributed by atoms with Crippen LogP contribution in [0.4, 0.5) is 0 Å². The minimum Gasteiger partial charge on any atom is -0.350 e. The smallest absolute Gasteiger partial charge is 0.269 e. The number of nitrogens with zero attached hydrogens (tertiary/aromatic N) is 1. The first-order chi connectivity index (χ1) is 5.34. The molecular formula is C6H9N3OS. The molecule has 1 amide bonds. The van der Waals surface area contributed by atoms with Crippen molar-refractivity contribution in [3.8, 4) is 0 Å². The molecule has 11 heavy (non-hydrogen) atoms. The van der Waals surface area contributed by atoms with Crippen LogP contribution in [0.25, 0.3) is 0 Å². The third-order valence-corrected chi connectivity index (χ3v) is 1.37. The number of nitrogens with one attached hydrogen (secondary N) is 2. The van der Waals surface area contributed by atoms with Gasteiger partial charge in [-0.3, -0.25) is 9.89 Å². The Morgan fingerprint density at radius 1 is 1.82 bits per heavy atom. The van der Waals surface area contributed by atoms with Gasteiger partial charge in [0.25, 0.3) is 5.91 Å². The lowest BCUT2D eigenvalue weighted by Crippen LogP contribution is -2.25. The van der Waals surface area contributed by atoms with E-state index in [1.54, 1.807) is 6.07 Å². The molecule has 0 aliphatic rings. The summed E-state index contributed by atoms with van der Waals surface area (Å²) < 4.78 is 0. The van der Waals surface area contributed by atoms with Crippen molar-refractivity contribution in [2.45, 2.75) is 0 Å². The van der Waals surface area contributed by atoms with Gasteiger partial charge in [0.05, 0.1) is 0 Å². The summed E-state index contributed by atoms with van der Waals surface area (Å²) in [6, 6.07) is 1.62. The van der Waals surface area contributed by atoms with Gasteiger partial charge in [0, 0.05) is 18.5 Å². The number of aromatic amines is 1. The summed E-state index contributed by atoms with van der Waals surface area (Å²) in [5, 5.41) is 8.85. The molecule has 0 fully saturated rings. The van der Waals surface area contributed by atoms with Crippen molar-refractivity contribution in [1.82, 2.24) is 15.5 Å². The molecule has 0 radical (unpaired) electrons. The number of hydrogen-bond acceptors (Lipinski definition) is 3. The van der Waals surface area contributed by atoms with Gasteiger partial charge in [0.15, 0.2) is 0 Å². The molecule has 0 saturated carbocycles. The Kier molecular flexibility index (Phi) is 2.97. The van der Waals surface area contributed by atoms with Crippen molar-refractivity contribution >= 4 is 18.5 Å². The first-order valence-electron chi connectivity index (χ1n) is 3.23. The maximum absolute atomic E-state index is 11.0. The first kappa shape index (κ1) is 8.13. The fourth-order valence-electron chi connectivity index (χ4n) is 0.647. The molecule has 4 nitrogen and oxygen atoms in total. The number of carbonyl (C=O) groups excluding carboxylic acids is 1. The van der Waals surface area contributed by atoms with Crippen LogP contribution < -0.4 is 5.32 Å². The Labute approximate surface area is 69.8 Å². The van der Waals surface area contributed by atoms with Crippen LogP contribution in [0.1, 0.15) is 10.5 Å². The van der Waals surface area contributed by atoms with Crippen LogP contribution in [0.3, 0.4) is 0 Å². The highest BCUT2D eigenvalue weighted by Gasteiger charge is 2.03. The van der Waals surface area contributed by atoms with E-state index >= 15 is 0 Å². The minimum atomic E-state index is -0.142. The predicted octanol–water partition coefficient (Wildman–Crippen LogP) is 0.0693. The third-order valence-electron chi connectivity index (χ3n) is 1.14. The molecule has 0 bridgehead atoms. The fourth-order valence-corrected chi connectivity index (χ4v) is 0.759. The van der Waals surface area contributed by atoms with Gasteiger partial charge in [-0.15, -0.1) is 0 Å². The molecule has 0 aliphatic carbocycles. The van der Waals surface area contributed by atoms with E-state index in [0.717, 1.165) is 0 Å². The zero-order valence-electron chi connectivity index (χ0n) is 5.87. The molecule has 5 heteroatoms. The second kappa shape index (κ2) is 4.02. The Hall–Kier alpha value is -0.970. The van der Waals surface area contributed by atoms with Crippen molar-refractivity contribution in [3.05, 3.63) is 18.0 Å². The Bertz CT molecular complexity index is 222. The van der Waals surface area contributed by atoms with Gasteiger partial charge in [0.2, 0.25) is 0 Å². The summed E-state index contributed by atoms with van der Waals surface area (Å²) in [4.78, 5) is 11.0. The number of amides is 1. The summed E-state index contributed by atoms with van der Waals surface area (Å²) >= 11 is 3.95. The van der Waals surface area contributed by atoms with Crippen molar-refractivity contribution in [2.24, 2.45) is 0 Å². The average molecular weight is 171 g/mol. The molecule has 0 aromatic carbocycles. The topological polar surface area (TPSA) is 57.8 Å². The van der Waals surface area contributed by atoms with Crippen molar-refractivity contribution in [2.75, 3.05) is 12.3 Å². The maximum Gasteiger partial charge on any atom is 0.269 e. The van der Waals surface area contributed by atoms with E-state index < -0.39 is 0 Å². The lowest BCUT2D eigenvalue weighted by molar-refractivity contribution is 0.0951. The molecule has 1 aromatic rings. The second-order valence-electron chi connectivity index (χ2n) is 1.95. The molecule has 1 heterocycles. The van der Waals surface area contributed by atoms with Crippen LogP contribution in [-0.2, 0) is 0 Å². The zero-order valence-corrected chi connectivity index (χ0v) is 6.77. The maximum atomic E-state index is 11.0. The fraction of sp³-hybridized carbons (Fsp3) is 0.333. The van der Waals surface area contributed by atoms with Crippen molar-refractivity contribution in [1.29, 1.82) is 0 Å². The minimum absolute atomic E-state index is 0.142. The largest absolute Gasteiger partial charge is 0.350 e. The number of aromatic nitrogens is 2. The van der Waals surface area contributed by atoms with Gasteiger partial charge in [-0.05, 0) is 6.07 Å². The molecule has 0 aliphatic heterocycles. The zero-order chi connectivity index (χ0) is 8.10. The van der Waals surface area contributed by atoms with Gasteiger partial charge in [-0.2, -0.15) is 17.7 Å². The molecule has 2 N–H and O–H groups in total. The number of hydrogen-bond donors (Lipinski definition) is 3. The SMILES string of the molecule is O=C(NCCS)c1ccn[nH]1. The number of H-pyrrole nitrogens is 1. The van der Waals surface area contributed by atoms with E-state index in [0.29, 0.717) is 18.0 Å². The molecule has 60 valence electrons. The summed E-state index contributed by atoms with van der Waals surface area (Å²) in [5.41, 5.74) is 0.479. The summed E-state index contributed by atoms with van der Waals surface area (Å²) in [6.07, 6.45) is 1.54. The van der Waals surface area contributed by atoms with Gasteiger partial charge in [-0.25, -0.2) is 0 Å². The van der Waals surface area contributed by atoms with Crippen LogP contribution in [0.2, 0.25) is 0 Å². The van der Waals surface area contributed by atoms with E-state index in [4.69, 9.17) is 0 Å².